The Morgan fingerprint density at radius 3 is 2.41 bits per heavy atom. The standard InChI is InChI=1S/C21H22N4O7S2/c1-13(2)23(3)34(30,31)16-8-5-14(6-9-16)20(27)22-21-24(12-19(26)32-4)17-11-15(25(28)29)7-10-18(17)33-21/h5-11,13H,12H2,1-4H3. The van der Waals surface area contributed by atoms with Crippen LogP contribution in [-0.4, -0.2) is 54.3 Å². The van der Waals surface area contributed by atoms with Crippen molar-refractivity contribution in [1.29, 1.82) is 0 Å². The molecule has 0 N–H and O–H groups in total. The van der Waals surface area contributed by atoms with Crippen LogP contribution in [0.4, 0.5) is 5.69 Å². The Balaban J connectivity index is 2.05. The molecule has 0 radical (unpaired) electrons. The molecule has 0 bridgehead atoms. The first-order chi connectivity index (χ1) is 15.9. The lowest BCUT2D eigenvalue weighted by atomic mass is 10.2. The molecule has 180 valence electrons. The van der Waals surface area contributed by atoms with Gasteiger partial charge in [0, 0.05) is 30.8 Å². The number of fused-ring (bicyclic) bond motifs is 1. The van der Waals surface area contributed by atoms with Gasteiger partial charge in [0.2, 0.25) is 10.0 Å². The van der Waals surface area contributed by atoms with Crippen LogP contribution in [-0.2, 0) is 26.1 Å². The van der Waals surface area contributed by atoms with Crippen molar-refractivity contribution in [3.8, 4) is 0 Å². The number of carbonyl (C=O) groups excluding carboxylic acids is 2. The van der Waals surface area contributed by atoms with Gasteiger partial charge < -0.3 is 9.30 Å². The second-order valence-corrected chi connectivity index (χ2v) is 10.5. The summed E-state index contributed by atoms with van der Waals surface area (Å²) in [6, 6.07) is 9.26. The van der Waals surface area contributed by atoms with Crippen molar-refractivity contribution in [2.45, 2.75) is 31.3 Å². The van der Waals surface area contributed by atoms with E-state index in [0.29, 0.717) is 10.2 Å². The van der Waals surface area contributed by atoms with Crippen molar-refractivity contribution in [3.63, 3.8) is 0 Å². The van der Waals surface area contributed by atoms with Gasteiger partial charge in [-0.2, -0.15) is 9.30 Å². The minimum atomic E-state index is -3.71. The van der Waals surface area contributed by atoms with E-state index in [-0.39, 0.29) is 33.5 Å². The second-order valence-electron chi connectivity index (χ2n) is 7.51. The summed E-state index contributed by atoms with van der Waals surface area (Å²) >= 11 is 1.08. The van der Waals surface area contributed by atoms with E-state index < -0.39 is 26.8 Å². The molecule has 1 amide bonds. The van der Waals surface area contributed by atoms with Gasteiger partial charge in [-0.3, -0.25) is 19.7 Å². The Morgan fingerprint density at radius 1 is 1.21 bits per heavy atom. The Kier molecular flexibility index (Phi) is 7.29. The molecule has 0 unspecified atom stereocenters. The number of carbonyl (C=O) groups is 2. The number of esters is 1. The first kappa shape index (κ1) is 25.2. The number of aromatic nitrogens is 1. The molecule has 0 fully saturated rings. The molecule has 3 rings (SSSR count). The molecule has 11 nitrogen and oxygen atoms in total. The second kappa shape index (κ2) is 9.83. The van der Waals surface area contributed by atoms with Crippen molar-refractivity contribution < 1.29 is 27.7 Å². The van der Waals surface area contributed by atoms with Crippen LogP contribution in [0.3, 0.4) is 0 Å². The maximum absolute atomic E-state index is 12.8. The number of non-ortho nitro benzene ring substituents is 1. The lowest BCUT2D eigenvalue weighted by molar-refractivity contribution is -0.384. The fourth-order valence-corrected chi connectivity index (χ4v) is 5.34. The monoisotopic (exact) mass is 506 g/mol. The number of amides is 1. The van der Waals surface area contributed by atoms with Gasteiger partial charge in [0.25, 0.3) is 11.6 Å². The molecular weight excluding hydrogens is 484 g/mol. The maximum Gasteiger partial charge on any atom is 0.325 e. The summed E-state index contributed by atoms with van der Waals surface area (Å²) < 4.78 is 33.1. The van der Waals surface area contributed by atoms with Crippen molar-refractivity contribution >= 4 is 49.1 Å². The van der Waals surface area contributed by atoms with Gasteiger partial charge in [0.1, 0.15) is 6.54 Å². The first-order valence-corrected chi connectivity index (χ1v) is 12.2. The Bertz CT molecular complexity index is 1440. The number of thiazole rings is 1. The number of ether oxygens (including phenoxy) is 1. The van der Waals surface area contributed by atoms with Crippen molar-refractivity contribution in [2.24, 2.45) is 4.99 Å². The van der Waals surface area contributed by atoms with Gasteiger partial charge in [-0.1, -0.05) is 11.3 Å². The van der Waals surface area contributed by atoms with Crippen LogP contribution in [0.5, 0.6) is 0 Å². The fourth-order valence-electron chi connectivity index (χ4n) is 2.97. The molecular formula is C21H22N4O7S2. The molecule has 1 aromatic heterocycles. The van der Waals surface area contributed by atoms with E-state index in [1.165, 1.54) is 65.5 Å². The third-order valence-electron chi connectivity index (χ3n) is 5.09. The van der Waals surface area contributed by atoms with E-state index in [1.807, 2.05) is 0 Å². The molecule has 3 aromatic rings. The van der Waals surface area contributed by atoms with Gasteiger partial charge in [0.15, 0.2) is 4.80 Å². The quantitative estimate of drug-likeness (QED) is 0.272. The van der Waals surface area contributed by atoms with Crippen molar-refractivity contribution in [1.82, 2.24) is 8.87 Å². The Morgan fingerprint density at radius 2 is 1.85 bits per heavy atom. The zero-order valence-electron chi connectivity index (χ0n) is 18.8. The average Bonchev–Trinajstić information content (AvgIpc) is 3.14. The fraction of sp³-hybridized carbons (Fsp3) is 0.286. The minimum absolute atomic E-state index is 0.0372. The van der Waals surface area contributed by atoms with Crippen molar-refractivity contribution in [3.05, 3.63) is 62.9 Å². The molecule has 13 heteroatoms. The molecule has 0 aliphatic rings. The number of nitro benzene ring substituents is 1. The maximum atomic E-state index is 12.8. The number of hydrogen-bond donors (Lipinski definition) is 0. The molecule has 2 aromatic carbocycles. The number of methoxy groups -OCH3 is 1. The van der Waals surface area contributed by atoms with Gasteiger partial charge in [-0.05, 0) is 44.2 Å². The summed E-state index contributed by atoms with van der Waals surface area (Å²) in [7, 11) is -1.03. The zero-order chi connectivity index (χ0) is 25.2. The predicted molar refractivity (Wildman–Crippen MR) is 125 cm³/mol. The minimum Gasteiger partial charge on any atom is -0.468 e. The zero-order valence-corrected chi connectivity index (χ0v) is 20.4. The van der Waals surface area contributed by atoms with Crippen LogP contribution in [0.15, 0.2) is 52.4 Å². The van der Waals surface area contributed by atoms with Gasteiger partial charge >= 0.3 is 5.97 Å². The summed E-state index contributed by atoms with van der Waals surface area (Å²) in [4.78, 5) is 39.6. The number of hydrogen-bond acceptors (Lipinski definition) is 8. The molecule has 0 saturated carbocycles. The molecule has 0 aliphatic heterocycles. The summed E-state index contributed by atoms with van der Waals surface area (Å²) in [5.41, 5.74) is 0.318. The predicted octanol–water partition coefficient (Wildman–Crippen LogP) is 2.55. The molecule has 1 heterocycles. The largest absolute Gasteiger partial charge is 0.468 e. The highest BCUT2D eigenvalue weighted by atomic mass is 32.2. The molecule has 0 saturated heterocycles. The smallest absolute Gasteiger partial charge is 0.325 e. The molecule has 34 heavy (non-hydrogen) atoms. The average molecular weight is 507 g/mol. The van der Waals surface area contributed by atoms with E-state index in [1.54, 1.807) is 13.8 Å². The lowest BCUT2D eigenvalue weighted by Gasteiger charge is -2.20. The van der Waals surface area contributed by atoms with Gasteiger partial charge in [0.05, 0.1) is 27.1 Å². The molecule has 0 aliphatic carbocycles. The topological polar surface area (TPSA) is 141 Å². The summed E-state index contributed by atoms with van der Waals surface area (Å²) in [6.07, 6.45) is 0. The van der Waals surface area contributed by atoms with Crippen LogP contribution >= 0.6 is 11.3 Å². The highest BCUT2D eigenvalue weighted by Gasteiger charge is 2.23. The Hall–Kier alpha value is -3.42. The van der Waals surface area contributed by atoms with E-state index >= 15 is 0 Å². The van der Waals surface area contributed by atoms with Crippen molar-refractivity contribution in [2.75, 3.05) is 14.2 Å². The first-order valence-electron chi connectivity index (χ1n) is 9.97. The van der Waals surface area contributed by atoms with E-state index in [0.717, 1.165) is 11.3 Å². The normalized spacial score (nSPS) is 12.5. The number of nitro groups is 1. The number of benzene rings is 2. The highest BCUT2D eigenvalue weighted by Crippen LogP contribution is 2.23. The molecule has 0 atom stereocenters. The van der Waals surface area contributed by atoms with E-state index in [9.17, 15) is 28.1 Å². The number of nitrogens with zero attached hydrogens (tertiary/aromatic N) is 4. The molecule has 0 spiro atoms. The third-order valence-corrected chi connectivity index (χ3v) is 8.20. The SMILES string of the molecule is COC(=O)Cn1c(=NC(=O)c2ccc(S(=O)(=O)N(C)C(C)C)cc2)sc2ccc([N+](=O)[O-])cc21. The van der Waals surface area contributed by atoms with Crippen LogP contribution in [0.25, 0.3) is 10.2 Å². The van der Waals surface area contributed by atoms with Crippen LogP contribution in [0.2, 0.25) is 0 Å². The van der Waals surface area contributed by atoms with Crippen LogP contribution in [0.1, 0.15) is 24.2 Å². The Labute approximate surface area is 199 Å². The lowest BCUT2D eigenvalue weighted by Crippen LogP contribution is -2.33. The van der Waals surface area contributed by atoms with Gasteiger partial charge in [-0.15, -0.1) is 0 Å². The van der Waals surface area contributed by atoms with Crippen LogP contribution in [0, 0.1) is 10.1 Å². The summed E-state index contributed by atoms with van der Waals surface area (Å²) in [6.45, 7) is 3.19. The number of rotatable bonds is 7. The van der Waals surface area contributed by atoms with E-state index in [4.69, 9.17) is 4.74 Å². The van der Waals surface area contributed by atoms with Crippen LogP contribution < -0.4 is 4.80 Å². The highest BCUT2D eigenvalue weighted by molar-refractivity contribution is 7.89. The van der Waals surface area contributed by atoms with Gasteiger partial charge in [-0.25, -0.2) is 8.42 Å². The summed E-state index contributed by atoms with van der Waals surface area (Å²) in [5, 5.41) is 11.2. The van der Waals surface area contributed by atoms with E-state index in [2.05, 4.69) is 4.99 Å². The summed E-state index contributed by atoms with van der Waals surface area (Å²) in [5.74, 6) is -1.29. The third kappa shape index (κ3) is 5.05. The number of sulfonamides is 1.